The van der Waals surface area contributed by atoms with E-state index in [0.717, 1.165) is 0 Å². The van der Waals surface area contributed by atoms with Crippen molar-refractivity contribution >= 4 is 32.5 Å². The Bertz CT molecular complexity index is 764. The highest BCUT2D eigenvalue weighted by atomic mass is 32.2. The van der Waals surface area contributed by atoms with Gasteiger partial charge in [0, 0.05) is 22.0 Å². The van der Waals surface area contributed by atoms with E-state index in [0.29, 0.717) is 22.0 Å². The normalized spacial score (nSPS) is 14.1. The Labute approximate surface area is 96.8 Å². The molecule has 0 fully saturated rings. The Morgan fingerprint density at radius 1 is 1.12 bits per heavy atom. The van der Waals surface area contributed by atoms with Crippen LogP contribution in [0.3, 0.4) is 0 Å². The molecule has 17 heavy (non-hydrogen) atoms. The average molecular weight is 249 g/mol. The summed E-state index contributed by atoms with van der Waals surface area (Å²) < 4.78 is 31.6. The number of hydrogen-bond acceptors (Lipinski definition) is 3. The van der Waals surface area contributed by atoms with E-state index in [4.69, 9.17) is 4.55 Å². The van der Waals surface area contributed by atoms with E-state index in [9.17, 15) is 13.2 Å². The Kier molecular flexibility index (Phi) is 1.84. The van der Waals surface area contributed by atoms with Gasteiger partial charge in [-0.1, -0.05) is 12.1 Å². The Hall–Kier alpha value is -1.92. The van der Waals surface area contributed by atoms with Crippen LogP contribution in [0.2, 0.25) is 0 Å². The SMILES string of the molecule is O=C1Nc2cccc3c(S(=O)(=O)O)ccc1c23. The first-order chi connectivity index (χ1) is 7.98. The van der Waals surface area contributed by atoms with Gasteiger partial charge in [-0.2, -0.15) is 8.42 Å². The highest BCUT2D eigenvalue weighted by molar-refractivity contribution is 7.86. The molecule has 0 atom stereocenters. The van der Waals surface area contributed by atoms with Crippen molar-refractivity contribution in [2.75, 3.05) is 5.32 Å². The lowest BCUT2D eigenvalue weighted by Gasteiger charge is -2.04. The summed E-state index contributed by atoms with van der Waals surface area (Å²) in [5.74, 6) is -0.266. The summed E-state index contributed by atoms with van der Waals surface area (Å²) in [5, 5.41) is 3.52. The summed E-state index contributed by atoms with van der Waals surface area (Å²) in [4.78, 5) is 11.4. The van der Waals surface area contributed by atoms with Gasteiger partial charge in [0.05, 0.1) is 0 Å². The fourth-order valence-electron chi connectivity index (χ4n) is 2.09. The van der Waals surface area contributed by atoms with Gasteiger partial charge in [0.15, 0.2) is 0 Å². The van der Waals surface area contributed by atoms with Gasteiger partial charge in [-0.3, -0.25) is 9.35 Å². The monoisotopic (exact) mass is 249 g/mol. The summed E-state index contributed by atoms with van der Waals surface area (Å²) in [6.07, 6.45) is 0. The summed E-state index contributed by atoms with van der Waals surface area (Å²) in [7, 11) is -4.29. The lowest BCUT2D eigenvalue weighted by molar-refractivity contribution is 0.103. The van der Waals surface area contributed by atoms with Gasteiger partial charge in [-0.15, -0.1) is 0 Å². The minimum atomic E-state index is -4.29. The van der Waals surface area contributed by atoms with Crippen LogP contribution in [-0.2, 0) is 10.1 Å². The summed E-state index contributed by atoms with van der Waals surface area (Å²) in [6.45, 7) is 0. The molecule has 1 heterocycles. The second-order valence-electron chi connectivity index (χ2n) is 3.77. The van der Waals surface area contributed by atoms with Crippen molar-refractivity contribution in [3.05, 3.63) is 35.9 Å². The van der Waals surface area contributed by atoms with Gasteiger partial charge < -0.3 is 5.32 Å². The minimum absolute atomic E-state index is 0.186. The van der Waals surface area contributed by atoms with Gasteiger partial charge in [0.25, 0.3) is 16.0 Å². The van der Waals surface area contributed by atoms with E-state index in [1.54, 1.807) is 18.2 Å². The summed E-state index contributed by atoms with van der Waals surface area (Å²) in [5.41, 5.74) is 0.982. The predicted molar refractivity (Wildman–Crippen MR) is 61.7 cm³/mol. The van der Waals surface area contributed by atoms with Crippen LogP contribution in [0.4, 0.5) is 5.69 Å². The first kappa shape index (κ1) is 10.2. The van der Waals surface area contributed by atoms with Crippen LogP contribution < -0.4 is 5.32 Å². The van der Waals surface area contributed by atoms with E-state index in [1.165, 1.54) is 12.1 Å². The molecule has 0 unspecified atom stereocenters. The Morgan fingerprint density at radius 3 is 2.59 bits per heavy atom. The number of nitrogens with one attached hydrogen (secondary N) is 1. The zero-order valence-electron chi connectivity index (χ0n) is 8.47. The van der Waals surface area contributed by atoms with Crippen molar-refractivity contribution in [2.45, 2.75) is 4.90 Å². The topological polar surface area (TPSA) is 83.5 Å². The van der Waals surface area contributed by atoms with Crippen molar-refractivity contribution in [1.29, 1.82) is 0 Å². The molecular weight excluding hydrogens is 242 g/mol. The van der Waals surface area contributed by atoms with E-state index in [2.05, 4.69) is 5.32 Å². The second kappa shape index (κ2) is 3.06. The standard InChI is InChI=1S/C11H7NO4S/c13-11-7-4-5-9(17(14,15)16)6-2-1-3-8(12-11)10(6)7/h1-5H,(H,12,13)(H,14,15,16). The molecule has 0 spiro atoms. The lowest BCUT2D eigenvalue weighted by atomic mass is 10.1. The fraction of sp³-hybridized carbons (Fsp3) is 0. The van der Waals surface area contributed by atoms with Crippen molar-refractivity contribution in [3.63, 3.8) is 0 Å². The molecule has 0 saturated heterocycles. The zero-order chi connectivity index (χ0) is 12.2. The molecule has 2 N–H and O–H groups in total. The number of anilines is 1. The van der Waals surface area contributed by atoms with Crippen LogP contribution in [0.1, 0.15) is 10.4 Å². The average Bonchev–Trinajstić information content (AvgIpc) is 2.57. The maximum Gasteiger partial charge on any atom is 0.295 e. The zero-order valence-corrected chi connectivity index (χ0v) is 9.28. The summed E-state index contributed by atoms with van der Waals surface area (Å²) in [6, 6.07) is 7.51. The third-order valence-electron chi connectivity index (χ3n) is 2.77. The second-order valence-corrected chi connectivity index (χ2v) is 5.16. The number of benzene rings is 2. The van der Waals surface area contributed by atoms with Crippen molar-refractivity contribution in [1.82, 2.24) is 0 Å². The van der Waals surface area contributed by atoms with Gasteiger partial charge in [-0.05, 0) is 18.2 Å². The molecule has 1 amide bonds. The molecule has 0 aromatic heterocycles. The molecular formula is C11H7NO4S. The molecule has 0 saturated carbocycles. The molecule has 86 valence electrons. The van der Waals surface area contributed by atoms with Crippen LogP contribution >= 0.6 is 0 Å². The van der Waals surface area contributed by atoms with Crippen molar-refractivity contribution < 1.29 is 17.8 Å². The quantitative estimate of drug-likeness (QED) is 0.753. The molecule has 0 bridgehead atoms. The highest BCUT2D eigenvalue weighted by Gasteiger charge is 2.25. The molecule has 0 radical (unpaired) electrons. The minimum Gasteiger partial charge on any atom is -0.321 e. The van der Waals surface area contributed by atoms with E-state index in [1.807, 2.05) is 0 Å². The fourth-order valence-corrected chi connectivity index (χ4v) is 2.78. The molecule has 1 aliphatic heterocycles. The Morgan fingerprint density at radius 2 is 1.88 bits per heavy atom. The van der Waals surface area contributed by atoms with Crippen LogP contribution in [0.25, 0.3) is 10.8 Å². The third-order valence-corrected chi connectivity index (χ3v) is 3.68. The van der Waals surface area contributed by atoms with Crippen LogP contribution in [0.15, 0.2) is 35.2 Å². The molecule has 0 aliphatic carbocycles. The molecule has 3 rings (SSSR count). The molecule has 2 aromatic carbocycles. The first-order valence-electron chi connectivity index (χ1n) is 4.83. The lowest BCUT2D eigenvalue weighted by Crippen LogP contribution is -2.04. The Balaban J connectivity index is 2.54. The van der Waals surface area contributed by atoms with Crippen LogP contribution in [0.5, 0.6) is 0 Å². The number of carbonyl (C=O) groups excluding carboxylic acids is 1. The van der Waals surface area contributed by atoms with Gasteiger partial charge in [0.2, 0.25) is 0 Å². The number of hydrogen-bond donors (Lipinski definition) is 2. The molecule has 1 aliphatic rings. The summed E-state index contributed by atoms with van der Waals surface area (Å²) >= 11 is 0. The van der Waals surface area contributed by atoms with E-state index >= 15 is 0 Å². The highest BCUT2D eigenvalue weighted by Crippen LogP contribution is 2.36. The first-order valence-corrected chi connectivity index (χ1v) is 6.27. The van der Waals surface area contributed by atoms with Gasteiger partial charge in [0.1, 0.15) is 4.90 Å². The van der Waals surface area contributed by atoms with Crippen molar-refractivity contribution in [3.8, 4) is 0 Å². The van der Waals surface area contributed by atoms with Crippen molar-refractivity contribution in [2.24, 2.45) is 0 Å². The van der Waals surface area contributed by atoms with E-state index < -0.39 is 10.1 Å². The van der Waals surface area contributed by atoms with Crippen LogP contribution in [0, 0.1) is 0 Å². The van der Waals surface area contributed by atoms with E-state index in [-0.39, 0.29) is 10.8 Å². The third kappa shape index (κ3) is 1.35. The maximum absolute atomic E-state index is 11.6. The predicted octanol–water partition coefficient (Wildman–Crippen LogP) is 1.65. The largest absolute Gasteiger partial charge is 0.321 e. The van der Waals surface area contributed by atoms with Crippen LogP contribution in [-0.4, -0.2) is 18.9 Å². The smallest absolute Gasteiger partial charge is 0.295 e. The molecule has 2 aromatic rings. The molecule has 6 heteroatoms. The van der Waals surface area contributed by atoms with Gasteiger partial charge >= 0.3 is 0 Å². The molecule has 5 nitrogen and oxygen atoms in total. The number of rotatable bonds is 1. The number of amides is 1. The number of carbonyl (C=O) groups is 1. The van der Waals surface area contributed by atoms with Gasteiger partial charge in [-0.25, -0.2) is 0 Å². The maximum atomic E-state index is 11.6.